The first kappa shape index (κ1) is 10.4. The van der Waals surface area contributed by atoms with Gasteiger partial charge in [0.25, 0.3) is 0 Å². The molecule has 1 aromatic rings. The first-order valence-electron chi connectivity index (χ1n) is 5.70. The van der Waals surface area contributed by atoms with Crippen LogP contribution in [0.1, 0.15) is 31.5 Å². The summed E-state index contributed by atoms with van der Waals surface area (Å²) >= 11 is 1.79. The van der Waals surface area contributed by atoms with Crippen molar-refractivity contribution in [2.24, 2.45) is 0 Å². The molecule has 1 aromatic heterocycles. The molecule has 2 aliphatic heterocycles. The summed E-state index contributed by atoms with van der Waals surface area (Å²) < 4.78 is 2.24. The van der Waals surface area contributed by atoms with E-state index in [0.717, 1.165) is 17.5 Å². The van der Waals surface area contributed by atoms with Gasteiger partial charge < -0.3 is 9.88 Å². The van der Waals surface area contributed by atoms with Crippen molar-refractivity contribution in [2.75, 3.05) is 5.75 Å². The Morgan fingerprint density at radius 3 is 3.25 bits per heavy atom. The predicted octanol–water partition coefficient (Wildman–Crippen LogP) is 1.37. The molecule has 1 N–H and O–H groups in total. The maximum atomic E-state index is 11.6. The first-order chi connectivity index (χ1) is 7.74. The molecule has 0 spiro atoms. The van der Waals surface area contributed by atoms with Crippen LogP contribution in [-0.4, -0.2) is 27.1 Å². The smallest absolute Gasteiger partial charge is 0.168 e. The molecule has 1 fully saturated rings. The second-order valence-corrected chi connectivity index (χ2v) is 5.60. The number of piperidine rings is 1. The van der Waals surface area contributed by atoms with Crippen LogP contribution >= 0.6 is 11.8 Å². The van der Waals surface area contributed by atoms with Crippen LogP contribution < -0.4 is 5.32 Å². The summed E-state index contributed by atoms with van der Waals surface area (Å²) in [6, 6.07) is 0.447. The molecular weight excluding hydrogens is 222 g/mol. The number of aromatic nitrogens is 2. The molecule has 3 rings (SSSR count). The number of ketones is 1. The number of hydrogen-bond donors (Lipinski definition) is 1. The Labute approximate surface area is 98.8 Å². The molecule has 4 nitrogen and oxygen atoms in total. The molecule has 0 aromatic carbocycles. The molecule has 0 bridgehead atoms. The van der Waals surface area contributed by atoms with Crippen molar-refractivity contribution in [3.8, 4) is 0 Å². The topological polar surface area (TPSA) is 46.9 Å². The van der Waals surface area contributed by atoms with Gasteiger partial charge in [0.15, 0.2) is 5.16 Å². The number of nitrogens with zero attached hydrogens (tertiary/aromatic N) is 2. The number of fused-ring (bicyclic) bond motifs is 1. The van der Waals surface area contributed by atoms with Gasteiger partial charge in [-0.15, -0.1) is 0 Å². The lowest BCUT2D eigenvalue weighted by molar-refractivity contribution is -0.121. The highest BCUT2D eigenvalue weighted by atomic mass is 32.2. The molecule has 0 radical (unpaired) electrons. The molecule has 0 aliphatic carbocycles. The van der Waals surface area contributed by atoms with Crippen molar-refractivity contribution < 1.29 is 4.79 Å². The Morgan fingerprint density at radius 2 is 2.44 bits per heavy atom. The molecule has 5 heteroatoms. The van der Waals surface area contributed by atoms with Crippen LogP contribution in [0.4, 0.5) is 0 Å². The minimum Gasteiger partial charge on any atom is -0.321 e. The van der Waals surface area contributed by atoms with Gasteiger partial charge >= 0.3 is 0 Å². The van der Waals surface area contributed by atoms with Crippen LogP contribution in [0.3, 0.4) is 0 Å². The Bertz CT molecular complexity index is 429. The monoisotopic (exact) mass is 237 g/mol. The van der Waals surface area contributed by atoms with E-state index in [0.29, 0.717) is 18.6 Å². The summed E-state index contributed by atoms with van der Waals surface area (Å²) in [4.78, 5) is 16.0. The Kier molecular flexibility index (Phi) is 2.52. The van der Waals surface area contributed by atoms with Gasteiger partial charge in [0.1, 0.15) is 5.78 Å². The van der Waals surface area contributed by atoms with Gasteiger partial charge in [-0.05, 0) is 6.92 Å². The lowest BCUT2D eigenvalue weighted by atomic mass is 9.96. The molecule has 2 atom stereocenters. The quantitative estimate of drug-likeness (QED) is 0.801. The first-order valence-corrected chi connectivity index (χ1v) is 6.68. The molecule has 0 saturated carbocycles. The standard InChI is InChI=1S/C11H15N3OS/c1-7-4-8(15)5-9(13-7)10-6-12-11-14(10)2-3-16-11/h6-7,9,13H,2-5H2,1H3. The van der Waals surface area contributed by atoms with Crippen molar-refractivity contribution in [3.63, 3.8) is 0 Å². The number of carbonyl (C=O) groups excluding carboxylic acids is 1. The normalized spacial score (nSPS) is 29.4. The van der Waals surface area contributed by atoms with Crippen LogP contribution in [0.15, 0.2) is 11.4 Å². The number of rotatable bonds is 1. The van der Waals surface area contributed by atoms with Crippen molar-refractivity contribution in [3.05, 3.63) is 11.9 Å². The van der Waals surface area contributed by atoms with Crippen molar-refractivity contribution in [1.29, 1.82) is 0 Å². The zero-order chi connectivity index (χ0) is 11.1. The fourth-order valence-corrected chi connectivity index (χ4v) is 3.46. The summed E-state index contributed by atoms with van der Waals surface area (Å²) in [5, 5.41) is 4.59. The predicted molar refractivity (Wildman–Crippen MR) is 62.5 cm³/mol. The summed E-state index contributed by atoms with van der Waals surface area (Å²) in [6.45, 7) is 3.09. The fourth-order valence-electron chi connectivity index (χ4n) is 2.52. The van der Waals surface area contributed by atoms with E-state index in [1.807, 2.05) is 6.20 Å². The number of hydrogen-bond acceptors (Lipinski definition) is 4. The number of imidazole rings is 1. The number of nitrogens with one attached hydrogen (secondary N) is 1. The Balaban J connectivity index is 1.88. The van der Waals surface area contributed by atoms with Crippen molar-refractivity contribution in [2.45, 2.75) is 43.6 Å². The van der Waals surface area contributed by atoms with Gasteiger partial charge in [0.05, 0.1) is 17.9 Å². The number of carbonyl (C=O) groups is 1. The third-order valence-corrected chi connectivity index (χ3v) is 4.17. The minimum absolute atomic E-state index is 0.163. The SMILES string of the molecule is CC1CC(=O)CC(c2cnc3n2CCS3)N1. The maximum Gasteiger partial charge on any atom is 0.168 e. The third-order valence-electron chi connectivity index (χ3n) is 3.20. The van der Waals surface area contributed by atoms with Gasteiger partial charge in [-0.1, -0.05) is 11.8 Å². The summed E-state index contributed by atoms with van der Waals surface area (Å²) in [6.07, 6.45) is 3.19. The Hall–Kier alpha value is -0.810. The van der Waals surface area contributed by atoms with Gasteiger partial charge in [-0.2, -0.15) is 0 Å². The average molecular weight is 237 g/mol. The second-order valence-electron chi connectivity index (χ2n) is 4.53. The number of thioether (sulfide) groups is 1. The minimum atomic E-state index is 0.163. The highest BCUT2D eigenvalue weighted by Crippen LogP contribution is 2.31. The number of Topliss-reactive ketones (excluding diaryl/α,β-unsaturated/α-hetero) is 1. The highest BCUT2D eigenvalue weighted by molar-refractivity contribution is 7.99. The van der Waals surface area contributed by atoms with Gasteiger partial charge in [-0.25, -0.2) is 4.98 Å². The Morgan fingerprint density at radius 1 is 1.56 bits per heavy atom. The van der Waals surface area contributed by atoms with E-state index < -0.39 is 0 Å². The lowest BCUT2D eigenvalue weighted by Crippen LogP contribution is -2.39. The van der Waals surface area contributed by atoms with E-state index in [4.69, 9.17) is 0 Å². The van der Waals surface area contributed by atoms with Gasteiger partial charge in [-0.3, -0.25) is 4.79 Å². The van der Waals surface area contributed by atoms with Gasteiger partial charge in [0, 0.05) is 31.2 Å². The van der Waals surface area contributed by atoms with Crippen LogP contribution in [-0.2, 0) is 11.3 Å². The molecule has 2 aliphatic rings. The van der Waals surface area contributed by atoms with E-state index in [1.54, 1.807) is 11.8 Å². The zero-order valence-corrected chi connectivity index (χ0v) is 10.1. The molecule has 16 heavy (non-hydrogen) atoms. The van der Waals surface area contributed by atoms with Crippen molar-refractivity contribution in [1.82, 2.24) is 14.9 Å². The molecule has 0 amide bonds. The highest BCUT2D eigenvalue weighted by Gasteiger charge is 2.29. The molecule has 2 unspecified atom stereocenters. The van der Waals surface area contributed by atoms with E-state index in [2.05, 4.69) is 21.8 Å². The summed E-state index contributed by atoms with van der Waals surface area (Å²) in [5.41, 5.74) is 1.18. The van der Waals surface area contributed by atoms with E-state index in [9.17, 15) is 4.79 Å². The van der Waals surface area contributed by atoms with E-state index >= 15 is 0 Å². The van der Waals surface area contributed by atoms with Crippen LogP contribution in [0.2, 0.25) is 0 Å². The molecule has 86 valence electrons. The largest absolute Gasteiger partial charge is 0.321 e. The maximum absolute atomic E-state index is 11.6. The second kappa shape index (κ2) is 3.89. The zero-order valence-electron chi connectivity index (χ0n) is 9.27. The van der Waals surface area contributed by atoms with E-state index in [-0.39, 0.29) is 12.1 Å². The molecule has 3 heterocycles. The van der Waals surface area contributed by atoms with Gasteiger partial charge in [0.2, 0.25) is 0 Å². The van der Waals surface area contributed by atoms with Crippen LogP contribution in [0.25, 0.3) is 0 Å². The van der Waals surface area contributed by atoms with Crippen LogP contribution in [0, 0.1) is 0 Å². The molecular formula is C11H15N3OS. The molecule has 1 saturated heterocycles. The summed E-state index contributed by atoms with van der Waals surface area (Å²) in [5.74, 6) is 1.46. The van der Waals surface area contributed by atoms with Crippen molar-refractivity contribution >= 4 is 17.5 Å². The summed E-state index contributed by atoms with van der Waals surface area (Å²) in [7, 11) is 0. The van der Waals surface area contributed by atoms with Crippen LogP contribution in [0.5, 0.6) is 0 Å². The average Bonchev–Trinajstić information content (AvgIpc) is 2.75. The van der Waals surface area contributed by atoms with E-state index in [1.165, 1.54) is 5.69 Å². The third kappa shape index (κ3) is 1.68. The lowest BCUT2D eigenvalue weighted by Gasteiger charge is -2.28. The fraction of sp³-hybridized carbons (Fsp3) is 0.636.